The van der Waals surface area contributed by atoms with E-state index in [4.69, 9.17) is 24.0 Å². The van der Waals surface area contributed by atoms with Crippen molar-refractivity contribution in [2.24, 2.45) is 23.7 Å². The van der Waals surface area contributed by atoms with E-state index in [-0.39, 0.29) is 12.1 Å². The zero-order chi connectivity index (χ0) is 22.5. The van der Waals surface area contributed by atoms with E-state index in [0.717, 1.165) is 37.7 Å². The maximum absolute atomic E-state index is 12.3. The number of esters is 1. The van der Waals surface area contributed by atoms with E-state index >= 15 is 0 Å². The van der Waals surface area contributed by atoms with Crippen molar-refractivity contribution in [3.8, 4) is 0 Å². The zero-order valence-corrected chi connectivity index (χ0v) is 19.7. The topological polar surface area (TPSA) is 63.2 Å². The highest BCUT2D eigenvalue weighted by Crippen LogP contribution is 2.60. The normalized spacial score (nSPS) is 42.8. The molecule has 176 valence electrons. The molecule has 8 atom stereocenters. The highest BCUT2D eigenvalue weighted by atomic mass is 17.3. The Kier molecular flexibility index (Phi) is 5.85. The van der Waals surface area contributed by atoms with E-state index in [1.165, 1.54) is 6.42 Å². The number of carbonyl (C=O) groups is 1. The number of aryl methyl sites for hydroxylation is 1. The first-order valence-electron chi connectivity index (χ1n) is 12.3. The monoisotopic (exact) mass is 444 g/mol. The molecule has 0 radical (unpaired) electrons. The second-order valence-electron chi connectivity index (χ2n) is 10.6. The third kappa shape index (κ3) is 3.69. The lowest BCUT2D eigenvalue weighted by Crippen LogP contribution is -2.70. The standard InChI is InChI=1S/C26H36O6/c1-16-7-5-8-19(15-16)23(27)28-14-6-9-22-18(3)21-11-10-17(2)20-12-13-25(4)30-24(29-22)26(20,21)32-31-25/h5,7-8,15,17-18,20-22,24H,6,9-14H2,1-4H3/t17-,18?,20?,21+,22-,24?,25?,26-/m1/s1. The van der Waals surface area contributed by atoms with Crippen molar-refractivity contribution in [3.63, 3.8) is 0 Å². The molecule has 4 saturated heterocycles. The molecule has 1 aromatic carbocycles. The predicted octanol–water partition coefficient (Wildman–Crippen LogP) is 5.18. The SMILES string of the molecule is Cc1cccc(C(=O)OCCC[C@H]2OC3OC4(C)CCC5[C@H](C)CC[C@@H](C2C)[C@@]35OO4)c1. The van der Waals surface area contributed by atoms with Gasteiger partial charge in [0.05, 0.1) is 18.3 Å². The number of hydrogen-bond acceptors (Lipinski definition) is 6. The fraction of sp³-hybridized carbons (Fsp3) is 0.731. The highest BCUT2D eigenvalue weighted by Gasteiger charge is 2.69. The van der Waals surface area contributed by atoms with E-state index < -0.39 is 17.7 Å². The second kappa shape index (κ2) is 8.39. The lowest BCUT2D eigenvalue weighted by atomic mass is 9.57. The molecule has 4 unspecified atom stereocenters. The van der Waals surface area contributed by atoms with Gasteiger partial charge in [-0.1, -0.05) is 31.5 Å². The quantitative estimate of drug-likeness (QED) is 0.354. The Labute approximate surface area is 190 Å². The van der Waals surface area contributed by atoms with Crippen LogP contribution in [-0.4, -0.2) is 36.4 Å². The molecule has 5 aliphatic rings. The summed E-state index contributed by atoms with van der Waals surface area (Å²) in [6.07, 6.45) is 5.40. The van der Waals surface area contributed by atoms with Gasteiger partial charge in [-0.3, -0.25) is 0 Å². The van der Waals surface area contributed by atoms with Crippen LogP contribution in [0.25, 0.3) is 0 Å². The summed E-state index contributed by atoms with van der Waals surface area (Å²) in [5, 5.41) is 0. The van der Waals surface area contributed by atoms with E-state index in [0.29, 0.717) is 35.8 Å². The van der Waals surface area contributed by atoms with Gasteiger partial charge >= 0.3 is 5.97 Å². The molecule has 1 spiro atoms. The van der Waals surface area contributed by atoms with Crippen LogP contribution in [0.5, 0.6) is 0 Å². The molecule has 1 aromatic rings. The summed E-state index contributed by atoms with van der Waals surface area (Å²) in [6.45, 7) is 8.92. The fourth-order valence-corrected chi connectivity index (χ4v) is 6.61. The molecule has 1 aliphatic carbocycles. The van der Waals surface area contributed by atoms with Crippen LogP contribution in [0.15, 0.2) is 24.3 Å². The van der Waals surface area contributed by atoms with Crippen LogP contribution >= 0.6 is 0 Å². The molecule has 0 aromatic heterocycles. The van der Waals surface area contributed by atoms with Crippen molar-refractivity contribution < 1.29 is 28.8 Å². The molecular formula is C26H36O6. The summed E-state index contributed by atoms with van der Waals surface area (Å²) in [7, 11) is 0. The lowest BCUT2D eigenvalue weighted by molar-refractivity contribution is -0.571. The molecule has 5 fully saturated rings. The van der Waals surface area contributed by atoms with Gasteiger partial charge in [0.25, 0.3) is 0 Å². The third-order valence-electron chi connectivity index (χ3n) is 8.41. The number of carbonyl (C=O) groups excluding carboxylic acids is 1. The van der Waals surface area contributed by atoms with Crippen molar-refractivity contribution in [3.05, 3.63) is 35.4 Å². The number of benzene rings is 1. The van der Waals surface area contributed by atoms with Crippen molar-refractivity contribution in [2.45, 2.75) is 90.0 Å². The van der Waals surface area contributed by atoms with Crippen LogP contribution < -0.4 is 0 Å². The summed E-state index contributed by atoms with van der Waals surface area (Å²) in [6, 6.07) is 7.50. The van der Waals surface area contributed by atoms with Crippen molar-refractivity contribution >= 4 is 5.97 Å². The number of fused-ring (bicyclic) bond motifs is 2. The molecule has 6 nitrogen and oxygen atoms in total. The summed E-state index contributed by atoms with van der Waals surface area (Å²) in [5.74, 6) is 0.598. The minimum Gasteiger partial charge on any atom is -0.462 e. The predicted molar refractivity (Wildman–Crippen MR) is 118 cm³/mol. The maximum Gasteiger partial charge on any atom is 0.338 e. The Bertz CT molecular complexity index is 856. The van der Waals surface area contributed by atoms with Crippen LogP contribution in [0.3, 0.4) is 0 Å². The van der Waals surface area contributed by atoms with Gasteiger partial charge in [-0.2, -0.15) is 0 Å². The fourth-order valence-electron chi connectivity index (χ4n) is 6.61. The van der Waals surface area contributed by atoms with Crippen molar-refractivity contribution in [2.75, 3.05) is 6.61 Å². The maximum atomic E-state index is 12.3. The van der Waals surface area contributed by atoms with E-state index in [1.807, 2.05) is 32.0 Å². The Balaban J connectivity index is 1.24. The Morgan fingerprint density at radius 3 is 2.81 bits per heavy atom. The number of rotatable bonds is 5. The number of hydrogen-bond donors (Lipinski definition) is 0. The third-order valence-corrected chi connectivity index (χ3v) is 8.41. The minimum absolute atomic E-state index is 0.0499. The van der Waals surface area contributed by atoms with E-state index in [9.17, 15) is 4.79 Å². The molecular weight excluding hydrogens is 408 g/mol. The molecule has 6 rings (SSSR count). The molecule has 0 amide bonds. The van der Waals surface area contributed by atoms with Gasteiger partial charge in [-0.05, 0) is 75.8 Å². The second-order valence-corrected chi connectivity index (χ2v) is 10.6. The van der Waals surface area contributed by atoms with Crippen LogP contribution in [0.1, 0.15) is 75.2 Å². The molecule has 4 aliphatic heterocycles. The molecule has 1 saturated carbocycles. The molecule has 0 N–H and O–H groups in total. The van der Waals surface area contributed by atoms with Crippen molar-refractivity contribution in [1.29, 1.82) is 0 Å². The summed E-state index contributed by atoms with van der Waals surface area (Å²) in [5.41, 5.74) is 1.14. The lowest BCUT2D eigenvalue weighted by Gasteiger charge is -2.60. The van der Waals surface area contributed by atoms with Gasteiger partial charge in [0.1, 0.15) is 0 Å². The molecule has 4 heterocycles. The average Bonchev–Trinajstić information content (AvgIpc) is 3.00. The van der Waals surface area contributed by atoms with Crippen LogP contribution in [0, 0.1) is 30.6 Å². The Hall–Kier alpha value is -1.47. The molecule has 2 bridgehead atoms. The highest BCUT2D eigenvalue weighted by molar-refractivity contribution is 5.89. The molecule has 6 heteroatoms. The van der Waals surface area contributed by atoms with E-state index in [1.54, 1.807) is 6.07 Å². The average molecular weight is 445 g/mol. The smallest absolute Gasteiger partial charge is 0.338 e. The van der Waals surface area contributed by atoms with Crippen LogP contribution in [-0.2, 0) is 24.0 Å². The molecule has 32 heavy (non-hydrogen) atoms. The first-order chi connectivity index (χ1) is 15.3. The van der Waals surface area contributed by atoms with E-state index in [2.05, 4.69) is 13.8 Å². The van der Waals surface area contributed by atoms with Gasteiger partial charge in [-0.25, -0.2) is 14.6 Å². The van der Waals surface area contributed by atoms with Crippen molar-refractivity contribution in [1.82, 2.24) is 0 Å². The van der Waals surface area contributed by atoms with Gasteiger partial charge in [0.2, 0.25) is 5.79 Å². The van der Waals surface area contributed by atoms with Crippen LogP contribution in [0.2, 0.25) is 0 Å². The Morgan fingerprint density at radius 1 is 1.16 bits per heavy atom. The zero-order valence-electron chi connectivity index (χ0n) is 19.7. The first kappa shape index (κ1) is 22.3. The summed E-state index contributed by atoms with van der Waals surface area (Å²) in [4.78, 5) is 24.4. The first-order valence-corrected chi connectivity index (χ1v) is 12.3. The van der Waals surface area contributed by atoms with Gasteiger partial charge in [0.15, 0.2) is 11.9 Å². The van der Waals surface area contributed by atoms with Gasteiger partial charge in [-0.15, -0.1) is 0 Å². The van der Waals surface area contributed by atoms with Gasteiger partial charge < -0.3 is 14.2 Å². The van der Waals surface area contributed by atoms with Gasteiger partial charge in [0, 0.05) is 12.3 Å². The van der Waals surface area contributed by atoms with Crippen LogP contribution in [0.4, 0.5) is 0 Å². The largest absolute Gasteiger partial charge is 0.462 e. The summed E-state index contributed by atoms with van der Waals surface area (Å²) >= 11 is 0. The Morgan fingerprint density at radius 2 is 2.00 bits per heavy atom. The minimum atomic E-state index is -0.744. The number of ether oxygens (including phenoxy) is 3. The summed E-state index contributed by atoms with van der Waals surface area (Å²) < 4.78 is 18.5.